The second-order valence-electron chi connectivity index (χ2n) is 11.9. The van der Waals surface area contributed by atoms with Gasteiger partial charge in [0.1, 0.15) is 10.8 Å². The zero-order valence-corrected chi connectivity index (χ0v) is 26.6. The van der Waals surface area contributed by atoms with E-state index in [0.29, 0.717) is 58.5 Å². The van der Waals surface area contributed by atoms with Gasteiger partial charge in [-0.05, 0) is 61.4 Å². The van der Waals surface area contributed by atoms with E-state index < -0.39 is 0 Å². The van der Waals surface area contributed by atoms with Crippen molar-refractivity contribution in [3.63, 3.8) is 0 Å². The number of aromatic nitrogens is 2. The highest BCUT2D eigenvalue weighted by Gasteiger charge is 2.36. The molecule has 4 heterocycles. The Morgan fingerprint density at radius 1 is 1.12 bits per heavy atom. The van der Waals surface area contributed by atoms with Gasteiger partial charge >= 0.3 is 0 Å². The minimum absolute atomic E-state index is 0.0283. The van der Waals surface area contributed by atoms with Gasteiger partial charge in [-0.3, -0.25) is 14.2 Å². The fourth-order valence-electron chi connectivity index (χ4n) is 6.30. The number of rotatable bonds is 8. The highest BCUT2D eigenvalue weighted by atomic mass is 35.5. The van der Waals surface area contributed by atoms with Crippen LogP contribution in [0.1, 0.15) is 55.2 Å². The van der Waals surface area contributed by atoms with Crippen molar-refractivity contribution in [3.8, 4) is 33.3 Å². The van der Waals surface area contributed by atoms with E-state index >= 15 is 0 Å². The number of fused-ring (bicyclic) bond motifs is 2. The number of benzene rings is 2. The summed E-state index contributed by atoms with van der Waals surface area (Å²) in [7, 11) is 1.63. The zero-order chi connectivity index (χ0) is 30.2. The predicted molar refractivity (Wildman–Crippen MR) is 174 cm³/mol. The fraction of sp³-hybridized carbons (Fsp3) is 0.382. The van der Waals surface area contributed by atoms with E-state index in [2.05, 4.69) is 26.1 Å². The van der Waals surface area contributed by atoms with Crippen LogP contribution in [-0.4, -0.2) is 52.6 Å². The van der Waals surface area contributed by atoms with Crippen LogP contribution in [0.4, 0.5) is 0 Å². The van der Waals surface area contributed by atoms with Gasteiger partial charge < -0.3 is 15.0 Å². The minimum atomic E-state index is -0.187. The molecule has 0 unspecified atom stereocenters. The molecule has 0 aliphatic carbocycles. The molecular formula is C34H37ClN4O3S. The number of halogens is 1. The minimum Gasteiger partial charge on any atom is -0.497 e. The molecule has 7 nitrogen and oxygen atoms in total. The van der Waals surface area contributed by atoms with Gasteiger partial charge in [0.2, 0.25) is 0 Å². The third-order valence-electron chi connectivity index (χ3n) is 8.43. The molecular weight excluding hydrogens is 580 g/mol. The molecule has 2 aliphatic rings. The van der Waals surface area contributed by atoms with Gasteiger partial charge in [0, 0.05) is 52.9 Å². The third-order valence-corrected chi connectivity index (χ3v) is 9.56. The quantitative estimate of drug-likeness (QED) is 0.241. The summed E-state index contributed by atoms with van der Waals surface area (Å²) in [5.74, 6) is 0.847. The molecule has 0 radical (unpaired) electrons. The number of carbonyl (C=O) groups excluding carboxylic acids is 1. The molecule has 2 saturated heterocycles. The third kappa shape index (κ3) is 5.88. The number of pyridine rings is 1. The van der Waals surface area contributed by atoms with E-state index in [0.717, 1.165) is 47.5 Å². The van der Waals surface area contributed by atoms with Crippen molar-refractivity contribution in [2.24, 2.45) is 5.92 Å². The number of likely N-dealkylation sites (tertiary alicyclic amines) is 1. The number of piperazine rings is 1. The number of thiazole rings is 1. The Balaban J connectivity index is 1.58. The van der Waals surface area contributed by atoms with Gasteiger partial charge in [0.15, 0.2) is 0 Å². The first-order chi connectivity index (χ1) is 20.7. The molecule has 0 saturated carbocycles. The summed E-state index contributed by atoms with van der Waals surface area (Å²) in [6.45, 7) is 7.65. The zero-order valence-electron chi connectivity index (χ0n) is 25.0. The topological polar surface area (TPSA) is 76.5 Å². The van der Waals surface area contributed by atoms with E-state index in [1.54, 1.807) is 17.7 Å². The first kappa shape index (κ1) is 29.6. The molecule has 2 atom stereocenters. The second kappa shape index (κ2) is 12.3. The Kier molecular flexibility index (Phi) is 8.45. The SMILES string of the molecule is CCc1ccc(OC)cc1-n1c(CC(C)C)c(C(=O)N2C[C@H]3CC[C@@H](C2)N3)cc(-c2nc(-c3ccc(Cl)cc3)cs2)c1=O. The fourth-order valence-corrected chi connectivity index (χ4v) is 7.26. The maximum atomic E-state index is 14.6. The van der Waals surface area contributed by atoms with Crippen LogP contribution in [-0.2, 0) is 12.8 Å². The van der Waals surface area contributed by atoms with Crippen molar-refractivity contribution < 1.29 is 9.53 Å². The number of hydrogen-bond acceptors (Lipinski definition) is 6. The van der Waals surface area contributed by atoms with Crippen molar-refractivity contribution >= 4 is 28.8 Å². The van der Waals surface area contributed by atoms with E-state index in [4.69, 9.17) is 21.3 Å². The average molecular weight is 617 g/mol. The van der Waals surface area contributed by atoms with Gasteiger partial charge in [0.05, 0.1) is 29.6 Å². The average Bonchev–Trinajstić information content (AvgIpc) is 3.62. The smallest absolute Gasteiger partial charge is 0.265 e. The second-order valence-corrected chi connectivity index (χ2v) is 13.2. The van der Waals surface area contributed by atoms with E-state index in [1.807, 2.05) is 52.7 Å². The molecule has 43 heavy (non-hydrogen) atoms. The Bertz CT molecular complexity index is 1700. The maximum Gasteiger partial charge on any atom is 0.265 e. The lowest BCUT2D eigenvalue weighted by Gasteiger charge is -2.34. The van der Waals surface area contributed by atoms with Crippen LogP contribution in [0.5, 0.6) is 5.75 Å². The molecule has 2 bridgehead atoms. The lowest BCUT2D eigenvalue weighted by atomic mass is 9.98. The maximum absolute atomic E-state index is 14.6. The van der Waals surface area contributed by atoms with Crippen LogP contribution in [0.25, 0.3) is 27.5 Å². The molecule has 1 amide bonds. The molecule has 2 fully saturated rings. The molecule has 4 aromatic rings. The van der Waals surface area contributed by atoms with Crippen LogP contribution in [0.2, 0.25) is 5.02 Å². The normalized spacial score (nSPS) is 18.0. The number of ether oxygens (including phenoxy) is 1. The van der Waals surface area contributed by atoms with Gasteiger partial charge in [0.25, 0.3) is 11.5 Å². The van der Waals surface area contributed by atoms with Crippen LogP contribution < -0.4 is 15.6 Å². The molecule has 6 rings (SSSR count). The van der Waals surface area contributed by atoms with Gasteiger partial charge in [-0.25, -0.2) is 4.98 Å². The predicted octanol–water partition coefficient (Wildman–Crippen LogP) is 6.63. The van der Waals surface area contributed by atoms with Crippen molar-refractivity contribution in [1.82, 2.24) is 19.8 Å². The van der Waals surface area contributed by atoms with Crippen molar-refractivity contribution in [2.45, 2.75) is 58.5 Å². The molecule has 1 N–H and O–H groups in total. The number of nitrogens with zero attached hydrogens (tertiary/aromatic N) is 3. The van der Waals surface area contributed by atoms with Crippen LogP contribution in [0, 0.1) is 5.92 Å². The Hall–Kier alpha value is -3.46. The summed E-state index contributed by atoms with van der Waals surface area (Å²) < 4.78 is 7.37. The summed E-state index contributed by atoms with van der Waals surface area (Å²) in [4.78, 5) is 36.0. The summed E-state index contributed by atoms with van der Waals surface area (Å²) >= 11 is 7.52. The summed E-state index contributed by atoms with van der Waals surface area (Å²) in [5.41, 5.74) is 4.96. The number of nitrogens with one attached hydrogen (secondary N) is 1. The lowest BCUT2D eigenvalue weighted by molar-refractivity contribution is 0.0695. The van der Waals surface area contributed by atoms with Crippen molar-refractivity contribution in [2.75, 3.05) is 20.2 Å². The van der Waals surface area contributed by atoms with E-state index in [-0.39, 0.29) is 17.4 Å². The molecule has 2 aliphatic heterocycles. The van der Waals surface area contributed by atoms with Gasteiger partial charge in [-0.2, -0.15) is 0 Å². The van der Waals surface area contributed by atoms with E-state index in [1.165, 1.54) is 11.3 Å². The first-order valence-electron chi connectivity index (χ1n) is 15.0. The Labute approximate surface area is 261 Å². The van der Waals surface area contributed by atoms with Crippen LogP contribution in [0.15, 0.2) is 58.7 Å². The highest BCUT2D eigenvalue weighted by molar-refractivity contribution is 7.13. The van der Waals surface area contributed by atoms with Gasteiger partial charge in [-0.15, -0.1) is 11.3 Å². The lowest BCUT2D eigenvalue weighted by Crippen LogP contribution is -2.53. The Morgan fingerprint density at radius 2 is 1.84 bits per heavy atom. The van der Waals surface area contributed by atoms with Gasteiger partial charge in [-0.1, -0.05) is 50.6 Å². The summed E-state index contributed by atoms with van der Waals surface area (Å²) in [5, 5.41) is 6.80. The molecule has 2 aromatic heterocycles. The largest absolute Gasteiger partial charge is 0.497 e. The van der Waals surface area contributed by atoms with Crippen molar-refractivity contribution in [3.05, 3.63) is 86.1 Å². The standard InChI is InChI=1S/C34H37ClN4O3S/c1-5-21-8-13-26(42-4)15-30(21)39-31(14-20(2)3)27(33(40)38-17-24-11-12-25(18-38)36-24)16-28(34(39)41)32-37-29(19-43-32)22-6-9-23(35)10-7-22/h6-10,13,15-16,19-20,24-25,36H,5,11-12,14,17-18H2,1-4H3/t24-,25+. The molecule has 9 heteroatoms. The molecule has 2 aromatic carbocycles. The number of methoxy groups -OCH3 is 1. The van der Waals surface area contributed by atoms with Crippen LogP contribution in [0.3, 0.4) is 0 Å². The van der Waals surface area contributed by atoms with E-state index in [9.17, 15) is 9.59 Å². The number of amides is 1. The first-order valence-corrected chi connectivity index (χ1v) is 16.2. The highest BCUT2D eigenvalue weighted by Crippen LogP contribution is 2.32. The molecule has 224 valence electrons. The molecule has 0 spiro atoms. The summed E-state index contributed by atoms with van der Waals surface area (Å²) in [6.07, 6.45) is 3.45. The monoisotopic (exact) mass is 616 g/mol. The van der Waals surface area contributed by atoms with Crippen molar-refractivity contribution in [1.29, 1.82) is 0 Å². The number of aryl methyl sites for hydroxylation is 1. The number of hydrogen-bond donors (Lipinski definition) is 1. The van der Waals surface area contributed by atoms with Crippen LogP contribution >= 0.6 is 22.9 Å². The number of carbonyl (C=O) groups is 1. The summed E-state index contributed by atoms with van der Waals surface area (Å²) in [6, 6.07) is 15.8. The Morgan fingerprint density at radius 3 is 2.49 bits per heavy atom.